The molecule has 1 aromatic carbocycles. The van der Waals surface area contributed by atoms with Gasteiger partial charge in [0, 0.05) is 12.5 Å². The summed E-state index contributed by atoms with van der Waals surface area (Å²) in [7, 11) is 0. The molecule has 2 aliphatic rings. The third-order valence-electron chi connectivity index (χ3n) is 3.60. The molecular weight excluding hydrogens is 272 g/mol. The molecule has 0 radical (unpaired) electrons. The van der Waals surface area contributed by atoms with Gasteiger partial charge in [0.15, 0.2) is 11.5 Å². The summed E-state index contributed by atoms with van der Waals surface area (Å²) in [5.74, 6) is 1.29. The minimum Gasteiger partial charge on any atom is -0.454 e. The highest BCUT2D eigenvalue weighted by atomic mass is 16.7. The third kappa shape index (κ3) is 3.26. The predicted molar refractivity (Wildman–Crippen MR) is 74.7 cm³/mol. The number of benzene rings is 1. The molecule has 0 aromatic heterocycles. The minimum atomic E-state index is -0.521. The van der Waals surface area contributed by atoms with Gasteiger partial charge in [-0.3, -0.25) is 9.59 Å². The number of fused-ring (bicyclic) bond motifs is 1. The van der Waals surface area contributed by atoms with Crippen molar-refractivity contribution in [3.05, 3.63) is 23.8 Å². The maximum Gasteiger partial charge on any atom is 0.242 e. The Morgan fingerprint density at radius 2 is 2.05 bits per heavy atom. The standard InChI is InChI=1S/C15H18N2O4/c1-9(17-15(19)11-3-4-11)14(18)16-7-10-2-5-12-13(6-10)21-8-20-12/h2,5-6,9,11H,3-4,7-8H2,1H3,(H,16,18)(H,17,19)/t9-/m0/s1. The second kappa shape index (κ2) is 5.63. The van der Waals surface area contributed by atoms with Crippen LogP contribution >= 0.6 is 0 Å². The van der Waals surface area contributed by atoms with Crippen molar-refractivity contribution in [1.29, 1.82) is 0 Å². The average molecular weight is 290 g/mol. The van der Waals surface area contributed by atoms with E-state index in [0.717, 1.165) is 24.2 Å². The number of hydrogen-bond acceptors (Lipinski definition) is 4. The molecule has 1 saturated carbocycles. The van der Waals surface area contributed by atoms with Gasteiger partial charge in [0.25, 0.3) is 0 Å². The molecule has 0 spiro atoms. The van der Waals surface area contributed by atoms with E-state index in [1.165, 1.54) is 0 Å². The summed E-state index contributed by atoms with van der Waals surface area (Å²) in [6, 6.07) is 5.02. The Balaban J connectivity index is 1.49. The Morgan fingerprint density at radius 1 is 1.29 bits per heavy atom. The summed E-state index contributed by atoms with van der Waals surface area (Å²) in [4.78, 5) is 23.5. The van der Waals surface area contributed by atoms with Crippen LogP contribution in [0.1, 0.15) is 25.3 Å². The zero-order valence-corrected chi connectivity index (χ0v) is 11.8. The Bertz CT molecular complexity index is 569. The SMILES string of the molecule is C[C@H](NC(=O)C1CC1)C(=O)NCc1ccc2c(c1)OCO2. The van der Waals surface area contributed by atoms with Gasteiger partial charge in [0.05, 0.1) is 0 Å². The van der Waals surface area contributed by atoms with Crippen molar-refractivity contribution < 1.29 is 19.1 Å². The quantitative estimate of drug-likeness (QED) is 0.846. The van der Waals surface area contributed by atoms with E-state index in [1.54, 1.807) is 6.92 Å². The molecule has 2 amide bonds. The molecule has 1 atom stereocenters. The number of hydrogen-bond donors (Lipinski definition) is 2. The van der Waals surface area contributed by atoms with Crippen molar-refractivity contribution in [2.45, 2.75) is 32.4 Å². The van der Waals surface area contributed by atoms with Gasteiger partial charge < -0.3 is 20.1 Å². The van der Waals surface area contributed by atoms with Crippen LogP contribution in [0.2, 0.25) is 0 Å². The van der Waals surface area contributed by atoms with E-state index in [0.29, 0.717) is 12.3 Å². The fraction of sp³-hybridized carbons (Fsp3) is 0.467. The van der Waals surface area contributed by atoms with E-state index in [4.69, 9.17) is 9.47 Å². The van der Waals surface area contributed by atoms with E-state index in [2.05, 4.69) is 10.6 Å². The van der Waals surface area contributed by atoms with Gasteiger partial charge >= 0.3 is 0 Å². The first-order valence-corrected chi connectivity index (χ1v) is 7.10. The van der Waals surface area contributed by atoms with Crippen molar-refractivity contribution >= 4 is 11.8 Å². The van der Waals surface area contributed by atoms with Crippen LogP contribution in [0.25, 0.3) is 0 Å². The summed E-state index contributed by atoms with van der Waals surface area (Å²) < 4.78 is 10.5. The van der Waals surface area contributed by atoms with Crippen LogP contribution in [0.4, 0.5) is 0 Å². The maximum absolute atomic E-state index is 11.9. The Labute approximate surface area is 122 Å². The zero-order valence-electron chi connectivity index (χ0n) is 11.8. The molecule has 0 unspecified atom stereocenters. The fourth-order valence-electron chi connectivity index (χ4n) is 2.14. The van der Waals surface area contributed by atoms with E-state index in [-0.39, 0.29) is 24.5 Å². The van der Waals surface area contributed by atoms with E-state index in [9.17, 15) is 9.59 Å². The topological polar surface area (TPSA) is 76.7 Å². The Morgan fingerprint density at radius 3 is 2.81 bits per heavy atom. The highest BCUT2D eigenvalue weighted by Gasteiger charge is 2.31. The summed E-state index contributed by atoms with van der Waals surface area (Å²) in [6.45, 7) is 2.31. The molecule has 2 N–H and O–H groups in total. The molecule has 1 aliphatic carbocycles. The summed E-state index contributed by atoms with van der Waals surface area (Å²) in [5, 5.41) is 5.53. The van der Waals surface area contributed by atoms with Gasteiger partial charge in [-0.1, -0.05) is 6.07 Å². The Kier molecular flexibility index (Phi) is 3.68. The van der Waals surface area contributed by atoms with Crippen LogP contribution in [-0.4, -0.2) is 24.6 Å². The van der Waals surface area contributed by atoms with Crippen LogP contribution in [0, 0.1) is 5.92 Å². The van der Waals surface area contributed by atoms with Gasteiger partial charge in [0.2, 0.25) is 18.6 Å². The van der Waals surface area contributed by atoms with E-state index >= 15 is 0 Å². The lowest BCUT2D eigenvalue weighted by molar-refractivity contribution is -0.129. The molecule has 1 aliphatic heterocycles. The second-order valence-corrected chi connectivity index (χ2v) is 5.41. The van der Waals surface area contributed by atoms with Crippen LogP contribution < -0.4 is 20.1 Å². The molecule has 1 aromatic rings. The number of nitrogens with one attached hydrogen (secondary N) is 2. The lowest BCUT2D eigenvalue weighted by Gasteiger charge is -2.14. The molecule has 21 heavy (non-hydrogen) atoms. The number of amides is 2. The second-order valence-electron chi connectivity index (χ2n) is 5.41. The monoisotopic (exact) mass is 290 g/mol. The summed E-state index contributed by atoms with van der Waals surface area (Å²) >= 11 is 0. The molecular formula is C15H18N2O4. The third-order valence-corrected chi connectivity index (χ3v) is 3.60. The number of ether oxygens (including phenoxy) is 2. The lowest BCUT2D eigenvalue weighted by Crippen LogP contribution is -2.45. The highest BCUT2D eigenvalue weighted by Crippen LogP contribution is 2.32. The first-order valence-electron chi connectivity index (χ1n) is 7.10. The zero-order chi connectivity index (χ0) is 14.8. The van der Waals surface area contributed by atoms with Crippen LogP contribution in [-0.2, 0) is 16.1 Å². The molecule has 0 saturated heterocycles. The van der Waals surface area contributed by atoms with Gasteiger partial charge in [-0.05, 0) is 37.5 Å². The number of rotatable bonds is 5. The van der Waals surface area contributed by atoms with Gasteiger partial charge in [-0.15, -0.1) is 0 Å². The number of carbonyl (C=O) groups is 2. The Hall–Kier alpha value is -2.24. The molecule has 1 heterocycles. The smallest absolute Gasteiger partial charge is 0.242 e. The van der Waals surface area contributed by atoms with Crippen molar-refractivity contribution in [3.8, 4) is 11.5 Å². The van der Waals surface area contributed by atoms with Gasteiger partial charge in [-0.2, -0.15) is 0 Å². The predicted octanol–water partition coefficient (Wildman–Crippen LogP) is 0.946. The molecule has 112 valence electrons. The van der Waals surface area contributed by atoms with Crippen LogP contribution in [0.5, 0.6) is 11.5 Å². The van der Waals surface area contributed by atoms with Crippen molar-refractivity contribution in [2.24, 2.45) is 5.92 Å². The number of carbonyl (C=O) groups excluding carboxylic acids is 2. The average Bonchev–Trinajstić information content (AvgIpc) is 3.23. The van der Waals surface area contributed by atoms with Crippen molar-refractivity contribution in [2.75, 3.05) is 6.79 Å². The molecule has 1 fully saturated rings. The van der Waals surface area contributed by atoms with E-state index < -0.39 is 6.04 Å². The molecule has 6 heteroatoms. The van der Waals surface area contributed by atoms with Gasteiger partial charge in [-0.25, -0.2) is 0 Å². The van der Waals surface area contributed by atoms with Gasteiger partial charge in [0.1, 0.15) is 6.04 Å². The van der Waals surface area contributed by atoms with Crippen molar-refractivity contribution in [1.82, 2.24) is 10.6 Å². The van der Waals surface area contributed by atoms with Crippen molar-refractivity contribution in [3.63, 3.8) is 0 Å². The highest BCUT2D eigenvalue weighted by molar-refractivity contribution is 5.89. The van der Waals surface area contributed by atoms with Crippen LogP contribution in [0.3, 0.4) is 0 Å². The fourth-order valence-corrected chi connectivity index (χ4v) is 2.14. The first-order chi connectivity index (χ1) is 10.1. The normalized spacial score (nSPS) is 17.2. The molecule has 3 rings (SSSR count). The lowest BCUT2D eigenvalue weighted by atomic mass is 10.2. The summed E-state index contributed by atoms with van der Waals surface area (Å²) in [5.41, 5.74) is 0.924. The molecule has 6 nitrogen and oxygen atoms in total. The largest absolute Gasteiger partial charge is 0.454 e. The first kappa shape index (κ1) is 13.7. The van der Waals surface area contributed by atoms with E-state index in [1.807, 2.05) is 18.2 Å². The minimum absolute atomic E-state index is 0.0271. The summed E-state index contributed by atoms with van der Waals surface area (Å²) in [6.07, 6.45) is 1.86. The maximum atomic E-state index is 11.9. The molecule has 0 bridgehead atoms. The van der Waals surface area contributed by atoms with Crippen LogP contribution in [0.15, 0.2) is 18.2 Å².